The molecule has 1 fully saturated rings. The Morgan fingerprint density at radius 3 is 2.93 bits per heavy atom. The summed E-state index contributed by atoms with van der Waals surface area (Å²) < 4.78 is 0. The highest BCUT2D eigenvalue weighted by molar-refractivity contribution is 7.07. The molecule has 1 heterocycles. The van der Waals surface area contributed by atoms with Crippen LogP contribution in [-0.4, -0.2) is 6.04 Å². The summed E-state index contributed by atoms with van der Waals surface area (Å²) in [7, 11) is 0. The highest BCUT2D eigenvalue weighted by atomic mass is 32.1. The van der Waals surface area contributed by atoms with Gasteiger partial charge in [0, 0.05) is 12.6 Å². The third-order valence-corrected chi connectivity index (χ3v) is 4.63. The summed E-state index contributed by atoms with van der Waals surface area (Å²) in [6.07, 6.45) is 4.13. The second kappa shape index (κ2) is 5.13. The molecule has 1 N–H and O–H groups in total. The van der Waals surface area contributed by atoms with Crippen molar-refractivity contribution in [2.45, 2.75) is 45.7 Å². The lowest BCUT2D eigenvalue weighted by atomic mass is 9.93. The van der Waals surface area contributed by atoms with Crippen molar-refractivity contribution in [1.82, 2.24) is 5.32 Å². The molecule has 0 spiro atoms. The van der Waals surface area contributed by atoms with Crippen LogP contribution in [0.25, 0.3) is 0 Å². The van der Waals surface area contributed by atoms with E-state index in [9.17, 15) is 0 Å². The Morgan fingerprint density at radius 2 is 2.33 bits per heavy atom. The average molecular weight is 223 g/mol. The molecule has 15 heavy (non-hydrogen) atoms. The van der Waals surface area contributed by atoms with E-state index in [4.69, 9.17) is 0 Å². The standard InChI is InChI=1S/C13H21NS/c1-3-12-4-5-13(10(12)2)14-8-11-6-7-15-9-11/h6-7,9-10,12-14H,3-5,8H2,1-2H3. The van der Waals surface area contributed by atoms with E-state index in [2.05, 4.69) is 36.0 Å². The monoisotopic (exact) mass is 223 g/mol. The van der Waals surface area contributed by atoms with E-state index >= 15 is 0 Å². The first kappa shape index (κ1) is 11.2. The predicted octanol–water partition coefficient (Wildman–Crippen LogP) is 3.66. The van der Waals surface area contributed by atoms with E-state index in [1.807, 2.05) is 0 Å². The first-order valence-corrected chi connectivity index (χ1v) is 7.00. The summed E-state index contributed by atoms with van der Waals surface area (Å²) in [6, 6.07) is 2.96. The maximum atomic E-state index is 3.70. The molecule has 3 atom stereocenters. The Bertz CT molecular complexity index is 281. The maximum absolute atomic E-state index is 3.70. The molecule has 1 nitrogen and oxygen atoms in total. The van der Waals surface area contributed by atoms with Gasteiger partial charge in [0.05, 0.1) is 0 Å². The van der Waals surface area contributed by atoms with Gasteiger partial charge in [0.1, 0.15) is 0 Å². The maximum Gasteiger partial charge on any atom is 0.0216 e. The minimum atomic E-state index is 0.745. The van der Waals surface area contributed by atoms with Crippen molar-refractivity contribution in [3.05, 3.63) is 22.4 Å². The van der Waals surface area contributed by atoms with Gasteiger partial charge in [-0.05, 0) is 47.1 Å². The van der Waals surface area contributed by atoms with E-state index in [0.29, 0.717) is 0 Å². The van der Waals surface area contributed by atoms with Crippen molar-refractivity contribution in [2.24, 2.45) is 11.8 Å². The Kier molecular flexibility index (Phi) is 3.81. The smallest absolute Gasteiger partial charge is 0.0216 e. The van der Waals surface area contributed by atoms with Crippen molar-refractivity contribution in [2.75, 3.05) is 0 Å². The minimum Gasteiger partial charge on any atom is -0.310 e. The van der Waals surface area contributed by atoms with Gasteiger partial charge < -0.3 is 5.32 Å². The van der Waals surface area contributed by atoms with E-state index in [1.54, 1.807) is 11.3 Å². The number of nitrogens with one attached hydrogen (secondary N) is 1. The molecular formula is C13H21NS. The molecule has 0 aromatic carbocycles. The zero-order valence-electron chi connectivity index (χ0n) is 9.70. The molecule has 0 bridgehead atoms. The van der Waals surface area contributed by atoms with Gasteiger partial charge in [-0.15, -0.1) is 0 Å². The van der Waals surface area contributed by atoms with Crippen LogP contribution in [0, 0.1) is 11.8 Å². The van der Waals surface area contributed by atoms with Gasteiger partial charge >= 0.3 is 0 Å². The topological polar surface area (TPSA) is 12.0 Å². The summed E-state index contributed by atoms with van der Waals surface area (Å²) >= 11 is 1.79. The Labute approximate surface area is 96.9 Å². The van der Waals surface area contributed by atoms with Crippen LogP contribution in [0.1, 0.15) is 38.7 Å². The van der Waals surface area contributed by atoms with E-state index in [0.717, 1.165) is 24.4 Å². The van der Waals surface area contributed by atoms with Crippen LogP contribution in [0.4, 0.5) is 0 Å². The molecule has 3 unspecified atom stereocenters. The highest BCUT2D eigenvalue weighted by Gasteiger charge is 2.30. The lowest BCUT2D eigenvalue weighted by molar-refractivity contribution is 0.344. The van der Waals surface area contributed by atoms with Gasteiger partial charge in [-0.1, -0.05) is 20.3 Å². The molecule has 1 aromatic heterocycles. The molecule has 0 saturated heterocycles. The second-order valence-corrected chi connectivity index (χ2v) is 5.50. The Hall–Kier alpha value is -0.340. The number of hydrogen-bond acceptors (Lipinski definition) is 2. The van der Waals surface area contributed by atoms with Crippen molar-refractivity contribution in [1.29, 1.82) is 0 Å². The first-order chi connectivity index (χ1) is 7.31. The van der Waals surface area contributed by atoms with Gasteiger partial charge in [-0.3, -0.25) is 0 Å². The minimum absolute atomic E-state index is 0.745. The molecule has 2 heteroatoms. The SMILES string of the molecule is CCC1CCC(NCc2ccsc2)C1C. The second-order valence-electron chi connectivity index (χ2n) is 4.72. The van der Waals surface area contributed by atoms with E-state index in [-0.39, 0.29) is 0 Å². The van der Waals surface area contributed by atoms with Crippen LogP contribution in [-0.2, 0) is 6.54 Å². The van der Waals surface area contributed by atoms with Crippen LogP contribution in [0.2, 0.25) is 0 Å². The number of thiophene rings is 1. The van der Waals surface area contributed by atoms with Gasteiger partial charge in [-0.2, -0.15) is 11.3 Å². The lowest BCUT2D eigenvalue weighted by Gasteiger charge is -2.20. The average Bonchev–Trinajstić information content (AvgIpc) is 2.85. The van der Waals surface area contributed by atoms with Crippen LogP contribution in [0.15, 0.2) is 16.8 Å². The fourth-order valence-electron chi connectivity index (χ4n) is 2.75. The molecule has 84 valence electrons. The van der Waals surface area contributed by atoms with Crippen molar-refractivity contribution in [3.63, 3.8) is 0 Å². The quantitative estimate of drug-likeness (QED) is 0.821. The number of rotatable bonds is 4. The summed E-state index contributed by atoms with van der Waals surface area (Å²) in [6.45, 7) is 5.78. The molecule has 1 saturated carbocycles. The van der Waals surface area contributed by atoms with Gasteiger partial charge in [0.2, 0.25) is 0 Å². The van der Waals surface area contributed by atoms with Gasteiger partial charge in [-0.25, -0.2) is 0 Å². The summed E-state index contributed by atoms with van der Waals surface area (Å²) in [5.41, 5.74) is 1.44. The summed E-state index contributed by atoms with van der Waals surface area (Å²) in [5, 5.41) is 8.10. The van der Waals surface area contributed by atoms with Crippen molar-refractivity contribution < 1.29 is 0 Å². The normalized spacial score (nSPS) is 30.9. The van der Waals surface area contributed by atoms with E-state index in [1.165, 1.54) is 24.8 Å². The van der Waals surface area contributed by atoms with Gasteiger partial charge in [0.25, 0.3) is 0 Å². The lowest BCUT2D eigenvalue weighted by Crippen LogP contribution is -2.32. The van der Waals surface area contributed by atoms with Gasteiger partial charge in [0.15, 0.2) is 0 Å². The highest BCUT2D eigenvalue weighted by Crippen LogP contribution is 2.33. The van der Waals surface area contributed by atoms with Crippen molar-refractivity contribution >= 4 is 11.3 Å². The molecule has 0 radical (unpaired) electrons. The molecular weight excluding hydrogens is 202 g/mol. The Balaban J connectivity index is 1.81. The first-order valence-electron chi connectivity index (χ1n) is 6.05. The molecule has 0 amide bonds. The number of hydrogen-bond donors (Lipinski definition) is 1. The Morgan fingerprint density at radius 1 is 1.47 bits per heavy atom. The molecule has 0 aliphatic heterocycles. The fraction of sp³-hybridized carbons (Fsp3) is 0.692. The molecule has 2 rings (SSSR count). The largest absolute Gasteiger partial charge is 0.310 e. The van der Waals surface area contributed by atoms with E-state index < -0.39 is 0 Å². The van der Waals surface area contributed by atoms with Crippen LogP contribution in [0.3, 0.4) is 0 Å². The van der Waals surface area contributed by atoms with Crippen LogP contribution >= 0.6 is 11.3 Å². The van der Waals surface area contributed by atoms with Crippen LogP contribution in [0.5, 0.6) is 0 Å². The third-order valence-electron chi connectivity index (χ3n) is 3.90. The third kappa shape index (κ3) is 2.61. The predicted molar refractivity (Wildman–Crippen MR) is 67.1 cm³/mol. The molecule has 1 aromatic rings. The summed E-state index contributed by atoms with van der Waals surface area (Å²) in [4.78, 5) is 0. The zero-order valence-corrected chi connectivity index (χ0v) is 10.5. The zero-order chi connectivity index (χ0) is 10.7. The fourth-order valence-corrected chi connectivity index (χ4v) is 3.42. The van der Waals surface area contributed by atoms with Crippen LogP contribution < -0.4 is 5.32 Å². The summed E-state index contributed by atoms with van der Waals surface area (Å²) in [5.74, 6) is 1.80. The molecule has 1 aliphatic rings. The molecule has 1 aliphatic carbocycles. The van der Waals surface area contributed by atoms with Crippen molar-refractivity contribution in [3.8, 4) is 0 Å².